The van der Waals surface area contributed by atoms with Crippen LogP contribution in [0.3, 0.4) is 0 Å². The van der Waals surface area contributed by atoms with E-state index in [2.05, 4.69) is 63.5 Å². The fraction of sp³-hybridized carbons (Fsp3) is 0.556. The van der Waals surface area contributed by atoms with Gasteiger partial charge in [-0.05, 0) is 106 Å². The fourth-order valence-corrected chi connectivity index (χ4v) is 10.3. The van der Waals surface area contributed by atoms with Crippen LogP contribution in [0, 0.1) is 11.8 Å². The van der Waals surface area contributed by atoms with Gasteiger partial charge in [0, 0.05) is 49.7 Å². The molecule has 0 fully saturated rings. The van der Waals surface area contributed by atoms with Gasteiger partial charge in [0.2, 0.25) is 70.9 Å². The summed E-state index contributed by atoms with van der Waals surface area (Å²) >= 11 is 1.38. The maximum Gasteiger partial charge on any atom is 0.326 e. The third-order valence-corrected chi connectivity index (χ3v) is 15.7. The largest absolute Gasteiger partial charge is 0.481 e. The second kappa shape index (κ2) is 40.8. The van der Waals surface area contributed by atoms with Crippen LogP contribution in [-0.2, 0) is 80.0 Å². The van der Waals surface area contributed by atoms with Crippen molar-refractivity contribution in [3.05, 3.63) is 71.9 Å². The number of aliphatic hydroxyl groups is 1. The van der Waals surface area contributed by atoms with Crippen LogP contribution in [-0.4, -0.2) is 195 Å². The van der Waals surface area contributed by atoms with Crippen LogP contribution >= 0.6 is 11.8 Å². The molecule has 95 heavy (non-hydrogen) atoms. The van der Waals surface area contributed by atoms with E-state index in [1.54, 1.807) is 94.7 Å². The Morgan fingerprint density at radius 1 is 0.505 bits per heavy atom. The average Bonchev–Trinajstić information content (AvgIpc) is 1.75. The van der Waals surface area contributed by atoms with Crippen LogP contribution in [0.5, 0.6) is 0 Å². The number of carboxylic acids is 2. The lowest BCUT2D eigenvalue weighted by atomic mass is 9.99. The number of thioether (sulfide) groups is 1. The lowest BCUT2D eigenvalue weighted by Crippen LogP contribution is -2.61. The Kier molecular flexibility index (Phi) is 34.4. The van der Waals surface area contributed by atoms with Crippen molar-refractivity contribution < 1.29 is 82.4 Å². The maximum absolute atomic E-state index is 14.6. The highest BCUT2D eigenvalue weighted by Crippen LogP contribution is 2.20. The van der Waals surface area contributed by atoms with Gasteiger partial charge in [-0.15, -0.1) is 0 Å². The highest BCUT2D eigenvalue weighted by Gasteiger charge is 2.37. The first-order chi connectivity index (χ1) is 44.9. The van der Waals surface area contributed by atoms with E-state index in [-0.39, 0.29) is 57.4 Å². The summed E-state index contributed by atoms with van der Waals surface area (Å²) in [7, 11) is 0. The molecule has 0 aliphatic heterocycles. The van der Waals surface area contributed by atoms with Gasteiger partial charge in [-0.3, -0.25) is 62.3 Å². The number of H-pyrrole nitrogens is 1. The number of fused-ring (bicyclic) bond motifs is 1. The number of primary amides is 1. The Morgan fingerprint density at radius 3 is 1.53 bits per heavy atom. The van der Waals surface area contributed by atoms with E-state index in [1.165, 1.54) is 32.5 Å². The summed E-state index contributed by atoms with van der Waals surface area (Å²) in [5, 5.41) is 58.5. The molecule has 11 unspecified atom stereocenters. The van der Waals surface area contributed by atoms with Crippen molar-refractivity contribution in [2.24, 2.45) is 23.3 Å². The molecule has 32 heteroatoms. The zero-order valence-corrected chi connectivity index (χ0v) is 55.6. The van der Waals surface area contributed by atoms with Gasteiger partial charge in [-0.2, -0.15) is 11.8 Å². The SMILES string of the molecule is CSCCC(NC(=O)C(C)NC(C)=O)C(=O)NC(C(=O)NC(CO)C(=O)NC(CCC(=O)O)C(=O)NC(Cc1ccccc1)C(=O)NC(CC(C)C)C(=O)NC(CCCCN)C(=O)NC(CCC(N)=O)C(=O)NC(C)C(=O)NC(Cc1c[nH]c2ccccc12)C(=O)O)C(C)C. The molecule has 0 spiro atoms. The molecule has 0 aliphatic carbocycles. The van der Waals surface area contributed by atoms with E-state index in [4.69, 9.17) is 11.5 Å². The molecule has 524 valence electrons. The maximum atomic E-state index is 14.6. The molecule has 11 atom stereocenters. The van der Waals surface area contributed by atoms with Crippen molar-refractivity contribution in [3.8, 4) is 0 Å². The van der Waals surface area contributed by atoms with Gasteiger partial charge in [-0.1, -0.05) is 76.2 Å². The first-order valence-corrected chi connectivity index (χ1v) is 32.7. The molecule has 12 amide bonds. The Bertz CT molecular complexity index is 3130. The zero-order valence-electron chi connectivity index (χ0n) is 54.8. The number of nitrogens with one attached hydrogen (secondary N) is 12. The minimum absolute atomic E-state index is 0.0594. The average molecular weight is 1350 g/mol. The number of unbranched alkanes of at least 4 members (excludes halogenated alkanes) is 1. The molecule has 0 bridgehead atoms. The number of aromatic nitrogens is 1. The molecule has 0 saturated heterocycles. The summed E-state index contributed by atoms with van der Waals surface area (Å²) in [5.74, 6) is -14.0. The van der Waals surface area contributed by atoms with Crippen LogP contribution in [0.2, 0.25) is 0 Å². The minimum Gasteiger partial charge on any atom is -0.481 e. The number of carbonyl (C=O) groups is 14. The number of rotatable bonds is 43. The Morgan fingerprint density at radius 2 is 0.979 bits per heavy atom. The van der Waals surface area contributed by atoms with E-state index < -0.39 is 181 Å². The van der Waals surface area contributed by atoms with Gasteiger partial charge in [0.1, 0.15) is 66.5 Å². The first kappa shape index (κ1) is 80.1. The first-order valence-electron chi connectivity index (χ1n) is 31.3. The molecule has 0 saturated carbocycles. The highest BCUT2D eigenvalue weighted by molar-refractivity contribution is 7.98. The van der Waals surface area contributed by atoms with Crippen molar-refractivity contribution in [3.63, 3.8) is 0 Å². The van der Waals surface area contributed by atoms with Crippen LogP contribution in [0.4, 0.5) is 0 Å². The number of aromatic amines is 1. The van der Waals surface area contributed by atoms with E-state index in [0.717, 1.165) is 10.9 Å². The monoisotopic (exact) mass is 1350 g/mol. The highest BCUT2D eigenvalue weighted by atomic mass is 32.2. The molecule has 31 nitrogen and oxygen atoms in total. The number of para-hydroxylation sites is 1. The Hall–Kier alpha value is -9.17. The van der Waals surface area contributed by atoms with E-state index in [1.807, 2.05) is 0 Å². The van der Waals surface area contributed by atoms with Crippen LogP contribution in [0.15, 0.2) is 60.8 Å². The number of amides is 12. The molecule has 3 aromatic rings. The molecule has 19 N–H and O–H groups in total. The van der Waals surface area contributed by atoms with Gasteiger partial charge in [0.05, 0.1) is 6.61 Å². The number of carbonyl (C=O) groups excluding carboxylic acids is 12. The Balaban J connectivity index is 1.89. The van der Waals surface area contributed by atoms with Gasteiger partial charge >= 0.3 is 11.9 Å². The van der Waals surface area contributed by atoms with Gasteiger partial charge in [-0.25, -0.2) is 4.79 Å². The molecule has 3 rings (SSSR count). The van der Waals surface area contributed by atoms with Crippen LogP contribution < -0.4 is 70.0 Å². The van der Waals surface area contributed by atoms with Crippen molar-refractivity contribution in [2.75, 3.05) is 25.2 Å². The predicted molar refractivity (Wildman–Crippen MR) is 351 cm³/mol. The number of hydrogen-bond acceptors (Lipinski definition) is 17. The lowest BCUT2D eigenvalue weighted by Gasteiger charge is -2.29. The smallest absolute Gasteiger partial charge is 0.326 e. The topological polar surface area (TPSA) is 500 Å². The zero-order chi connectivity index (χ0) is 71.1. The molecular weight excluding hydrogens is 1260 g/mol. The molecule has 1 aromatic heterocycles. The second-order valence-corrected chi connectivity index (χ2v) is 24.8. The third kappa shape index (κ3) is 28.1. The lowest BCUT2D eigenvalue weighted by molar-refractivity contribution is -0.142. The van der Waals surface area contributed by atoms with E-state index >= 15 is 0 Å². The summed E-state index contributed by atoms with van der Waals surface area (Å²) in [6, 6.07) is -0.511. The number of aliphatic hydroxyl groups excluding tert-OH is 1. The summed E-state index contributed by atoms with van der Waals surface area (Å²) in [4.78, 5) is 191. The second-order valence-electron chi connectivity index (χ2n) is 23.8. The van der Waals surface area contributed by atoms with Gasteiger partial charge < -0.3 is 90.3 Å². The summed E-state index contributed by atoms with van der Waals surface area (Å²) < 4.78 is 0. The van der Waals surface area contributed by atoms with Crippen LogP contribution in [0.1, 0.15) is 117 Å². The van der Waals surface area contributed by atoms with Crippen molar-refractivity contribution in [1.82, 2.24) is 63.5 Å². The molecule has 0 aliphatic rings. The molecule has 2 aromatic carbocycles. The normalized spacial score (nSPS) is 14.7. The minimum atomic E-state index is -1.81. The number of hydrogen-bond donors (Lipinski definition) is 17. The number of aliphatic carboxylic acids is 2. The predicted octanol–water partition coefficient (Wildman–Crippen LogP) is -1.86. The van der Waals surface area contributed by atoms with Gasteiger partial charge in [0.15, 0.2) is 0 Å². The summed E-state index contributed by atoms with van der Waals surface area (Å²) in [6.45, 7) is 9.63. The number of nitrogens with two attached hydrogens (primary N) is 2. The van der Waals surface area contributed by atoms with E-state index in [9.17, 15) is 82.4 Å². The molecular formula is C63H94N14O17S. The Labute approximate surface area is 555 Å². The quantitative estimate of drug-likeness (QED) is 0.0276. The van der Waals surface area contributed by atoms with Crippen molar-refractivity contribution >= 4 is 105 Å². The van der Waals surface area contributed by atoms with E-state index in [0.29, 0.717) is 23.3 Å². The number of benzene rings is 2. The van der Waals surface area contributed by atoms with Crippen molar-refractivity contribution in [2.45, 2.75) is 186 Å². The fourth-order valence-electron chi connectivity index (χ4n) is 9.79. The molecule has 0 radical (unpaired) electrons. The van der Waals surface area contributed by atoms with Crippen molar-refractivity contribution in [1.29, 1.82) is 0 Å². The summed E-state index contributed by atoms with van der Waals surface area (Å²) in [6.07, 6.45) is 1.55. The van der Waals surface area contributed by atoms with Crippen LogP contribution in [0.25, 0.3) is 10.9 Å². The number of carboxylic acid groups (broad SMARTS) is 2. The van der Waals surface area contributed by atoms with Gasteiger partial charge in [0.25, 0.3) is 0 Å². The molecule has 1 heterocycles. The standard InChI is InChI=1S/C63H94N14O17S/c1-33(2)28-46(59(89)70-42(20-14-15-26-64)56(86)71-43(21-23-50(65)80)55(85)68-36(6)54(84)75-48(63(93)94)30-39-31-66-41-19-13-12-18-40(39)41)73-60(90)47(29-38-16-10-9-11-17-38)74-57(87)44(22-24-51(81)82)72-61(91)49(32-78)76-62(92)52(34(3)4)77-58(88)45(25-27-95-8)69-53(83)35(5)67-37(7)79/h9-13,16-19,31,33-36,42-49,52,66,78H,14-15,20-30,32,64H2,1-8H3,(H2,65,80)(H,67,79)(H,68,85)(H,69,83)(H,70,89)(H,71,86)(H,72,91)(H,73,90)(H,74,87)(H,75,84)(H,76,92)(H,77,88)(H,81,82)(H,93,94). The summed E-state index contributed by atoms with van der Waals surface area (Å²) in [5.41, 5.74) is 13.1. The third-order valence-electron chi connectivity index (χ3n) is 15.0.